The summed E-state index contributed by atoms with van der Waals surface area (Å²) in [7, 11) is 0. The minimum absolute atomic E-state index is 0.0706. The van der Waals surface area contributed by atoms with E-state index in [-0.39, 0.29) is 18.3 Å². The Morgan fingerprint density at radius 1 is 1.53 bits per heavy atom. The third-order valence-corrected chi connectivity index (χ3v) is 3.13. The van der Waals surface area contributed by atoms with E-state index in [1.807, 2.05) is 0 Å². The van der Waals surface area contributed by atoms with E-state index in [0.29, 0.717) is 23.6 Å². The Balaban J connectivity index is 2.34. The van der Waals surface area contributed by atoms with Crippen molar-refractivity contribution in [3.8, 4) is 0 Å². The molecule has 3 nitrogen and oxygen atoms in total. The van der Waals surface area contributed by atoms with Gasteiger partial charge in [-0.05, 0) is 24.1 Å². The van der Waals surface area contributed by atoms with Gasteiger partial charge in [-0.15, -0.1) is 11.8 Å². The zero-order valence-electron chi connectivity index (χ0n) is 9.70. The number of hydrogen-bond donors (Lipinski definition) is 2. The summed E-state index contributed by atoms with van der Waals surface area (Å²) in [5.74, 6) is 0.498. The van der Waals surface area contributed by atoms with E-state index in [1.165, 1.54) is 17.8 Å². The van der Waals surface area contributed by atoms with E-state index >= 15 is 0 Å². The number of aliphatic hydroxyl groups excluding tert-OH is 1. The Morgan fingerprint density at radius 3 is 2.94 bits per heavy atom. The maximum absolute atomic E-state index is 13.2. The number of benzene rings is 1. The van der Waals surface area contributed by atoms with Gasteiger partial charge in [-0.1, -0.05) is 12.1 Å². The first kappa shape index (κ1) is 14.0. The van der Waals surface area contributed by atoms with Gasteiger partial charge in [0.15, 0.2) is 0 Å². The zero-order valence-corrected chi connectivity index (χ0v) is 10.5. The molecule has 0 aliphatic heterocycles. The van der Waals surface area contributed by atoms with Gasteiger partial charge in [0.1, 0.15) is 5.82 Å². The normalized spacial score (nSPS) is 10.3. The summed E-state index contributed by atoms with van der Waals surface area (Å²) in [5, 5.41) is 11.2. The Morgan fingerprint density at radius 2 is 2.29 bits per heavy atom. The van der Waals surface area contributed by atoms with Gasteiger partial charge in [-0.2, -0.15) is 0 Å². The second-order valence-corrected chi connectivity index (χ2v) is 4.74. The third kappa shape index (κ3) is 5.19. The van der Waals surface area contributed by atoms with Gasteiger partial charge in [-0.25, -0.2) is 4.39 Å². The first-order valence-electron chi connectivity index (χ1n) is 5.34. The number of thioether (sulfide) groups is 1. The molecule has 0 unspecified atom stereocenters. The van der Waals surface area contributed by atoms with Gasteiger partial charge >= 0.3 is 0 Å². The molecular formula is C12H16FNO2S. The summed E-state index contributed by atoms with van der Waals surface area (Å²) in [5.41, 5.74) is 1.34. The van der Waals surface area contributed by atoms with E-state index in [9.17, 15) is 9.18 Å². The number of rotatable bonds is 6. The molecule has 0 aliphatic carbocycles. The molecule has 1 aromatic carbocycles. The second kappa shape index (κ2) is 7.29. The highest BCUT2D eigenvalue weighted by molar-refractivity contribution is 7.99. The molecule has 5 heteroatoms. The second-order valence-electron chi connectivity index (χ2n) is 3.64. The van der Waals surface area contributed by atoms with Crippen LogP contribution >= 0.6 is 11.8 Å². The molecule has 1 rings (SSSR count). The molecule has 0 aromatic heterocycles. The highest BCUT2D eigenvalue weighted by atomic mass is 32.2. The molecular weight excluding hydrogens is 241 g/mol. The Bertz CT molecular complexity index is 385. The smallest absolute Gasteiger partial charge is 0.230 e. The highest BCUT2D eigenvalue weighted by Gasteiger charge is 2.03. The fraction of sp³-hybridized carbons (Fsp3) is 0.417. The zero-order chi connectivity index (χ0) is 12.7. The number of nitrogens with one attached hydrogen (secondary N) is 1. The van der Waals surface area contributed by atoms with Crippen LogP contribution in [0.4, 0.5) is 4.39 Å². The average molecular weight is 257 g/mol. The van der Waals surface area contributed by atoms with Crippen molar-refractivity contribution in [3.63, 3.8) is 0 Å². The van der Waals surface area contributed by atoms with E-state index in [2.05, 4.69) is 5.32 Å². The summed E-state index contributed by atoms with van der Waals surface area (Å²) >= 11 is 1.37. The standard InChI is InChI=1S/C12H16FNO2S/c1-9-2-3-10(6-11(9)13)7-14-12(16)8-17-5-4-15/h2-3,6,15H,4-5,7-8H2,1H3,(H,14,16). The number of aliphatic hydroxyl groups is 1. The van der Waals surface area contributed by atoms with E-state index < -0.39 is 0 Å². The molecule has 0 fully saturated rings. The minimum atomic E-state index is -0.258. The largest absolute Gasteiger partial charge is 0.396 e. The van der Waals surface area contributed by atoms with E-state index in [4.69, 9.17) is 5.11 Å². The van der Waals surface area contributed by atoms with Crippen molar-refractivity contribution in [2.24, 2.45) is 0 Å². The lowest BCUT2D eigenvalue weighted by atomic mass is 10.1. The molecule has 0 spiro atoms. The van der Waals surface area contributed by atoms with E-state index in [1.54, 1.807) is 19.1 Å². The van der Waals surface area contributed by atoms with Crippen LogP contribution in [-0.4, -0.2) is 29.1 Å². The number of halogens is 1. The molecule has 0 saturated carbocycles. The Labute approximate surface area is 104 Å². The molecule has 94 valence electrons. The van der Waals surface area contributed by atoms with Gasteiger partial charge in [0.2, 0.25) is 5.91 Å². The Hall–Kier alpha value is -1.07. The van der Waals surface area contributed by atoms with Crippen LogP contribution in [0.3, 0.4) is 0 Å². The third-order valence-electron chi connectivity index (χ3n) is 2.19. The van der Waals surface area contributed by atoms with Crippen LogP contribution in [0.2, 0.25) is 0 Å². The highest BCUT2D eigenvalue weighted by Crippen LogP contribution is 2.09. The first-order valence-corrected chi connectivity index (χ1v) is 6.49. The van der Waals surface area contributed by atoms with Crippen LogP contribution in [0.5, 0.6) is 0 Å². The minimum Gasteiger partial charge on any atom is -0.396 e. The predicted molar refractivity (Wildman–Crippen MR) is 67.4 cm³/mol. The van der Waals surface area contributed by atoms with Crippen LogP contribution in [0, 0.1) is 12.7 Å². The molecule has 0 heterocycles. The van der Waals surface area contributed by atoms with Gasteiger partial charge in [0.05, 0.1) is 12.4 Å². The predicted octanol–water partition coefficient (Wildman–Crippen LogP) is 1.48. The summed E-state index contributed by atoms with van der Waals surface area (Å²) < 4.78 is 13.2. The van der Waals surface area contributed by atoms with Crippen molar-refractivity contribution in [2.45, 2.75) is 13.5 Å². The molecule has 0 atom stereocenters. The van der Waals surface area contributed by atoms with Crippen molar-refractivity contribution in [1.82, 2.24) is 5.32 Å². The van der Waals surface area contributed by atoms with Gasteiger partial charge in [-0.3, -0.25) is 4.79 Å². The number of amides is 1. The average Bonchev–Trinajstić information content (AvgIpc) is 2.31. The summed E-state index contributed by atoms with van der Waals surface area (Å²) in [6, 6.07) is 4.91. The molecule has 17 heavy (non-hydrogen) atoms. The van der Waals surface area contributed by atoms with Crippen LogP contribution in [0.25, 0.3) is 0 Å². The summed E-state index contributed by atoms with van der Waals surface area (Å²) in [6.07, 6.45) is 0. The van der Waals surface area contributed by atoms with Crippen LogP contribution < -0.4 is 5.32 Å². The van der Waals surface area contributed by atoms with Crippen molar-refractivity contribution < 1.29 is 14.3 Å². The fourth-order valence-electron chi connectivity index (χ4n) is 1.23. The van der Waals surface area contributed by atoms with Crippen LogP contribution in [0.1, 0.15) is 11.1 Å². The Kier molecular flexibility index (Phi) is 6.00. The van der Waals surface area contributed by atoms with Crippen LogP contribution in [0.15, 0.2) is 18.2 Å². The van der Waals surface area contributed by atoms with Crippen molar-refractivity contribution in [1.29, 1.82) is 0 Å². The van der Waals surface area contributed by atoms with Gasteiger partial charge < -0.3 is 10.4 Å². The van der Waals surface area contributed by atoms with E-state index in [0.717, 1.165) is 5.56 Å². The topological polar surface area (TPSA) is 49.3 Å². The quantitative estimate of drug-likeness (QED) is 0.759. The van der Waals surface area contributed by atoms with Crippen molar-refractivity contribution in [3.05, 3.63) is 35.1 Å². The maximum Gasteiger partial charge on any atom is 0.230 e. The molecule has 0 radical (unpaired) electrons. The van der Waals surface area contributed by atoms with Crippen LogP contribution in [-0.2, 0) is 11.3 Å². The molecule has 1 aromatic rings. The fourth-order valence-corrected chi connectivity index (χ4v) is 1.79. The van der Waals surface area contributed by atoms with Gasteiger partial charge in [0, 0.05) is 12.3 Å². The molecule has 0 aliphatic rings. The lowest BCUT2D eigenvalue weighted by molar-refractivity contribution is -0.118. The SMILES string of the molecule is Cc1ccc(CNC(=O)CSCCO)cc1F. The first-order chi connectivity index (χ1) is 8.13. The lowest BCUT2D eigenvalue weighted by Crippen LogP contribution is -2.24. The number of hydrogen-bond acceptors (Lipinski definition) is 3. The molecule has 2 N–H and O–H groups in total. The molecule has 1 amide bonds. The summed E-state index contributed by atoms with van der Waals surface area (Å²) in [6.45, 7) is 2.10. The summed E-state index contributed by atoms with van der Waals surface area (Å²) in [4.78, 5) is 11.3. The monoisotopic (exact) mass is 257 g/mol. The van der Waals surface area contributed by atoms with Gasteiger partial charge in [0.25, 0.3) is 0 Å². The maximum atomic E-state index is 13.2. The molecule has 0 bridgehead atoms. The van der Waals surface area contributed by atoms with Crippen molar-refractivity contribution in [2.75, 3.05) is 18.1 Å². The molecule has 0 saturated heterocycles. The number of carbonyl (C=O) groups is 1. The lowest BCUT2D eigenvalue weighted by Gasteiger charge is -2.06. The number of carbonyl (C=O) groups excluding carboxylic acids is 1. The van der Waals surface area contributed by atoms with Crippen molar-refractivity contribution >= 4 is 17.7 Å². The number of aryl methyl sites for hydroxylation is 1.